The Labute approximate surface area is 97.2 Å². The highest BCUT2D eigenvalue weighted by Gasteiger charge is 2.10. The predicted molar refractivity (Wildman–Crippen MR) is 60.7 cm³/mol. The third-order valence-corrected chi connectivity index (χ3v) is 2.29. The van der Waals surface area contributed by atoms with Crippen LogP contribution in [-0.4, -0.2) is 5.91 Å². The summed E-state index contributed by atoms with van der Waals surface area (Å²) >= 11 is 0. The molecule has 17 heavy (non-hydrogen) atoms. The Morgan fingerprint density at radius 1 is 1.41 bits per heavy atom. The van der Waals surface area contributed by atoms with E-state index in [4.69, 9.17) is 10.2 Å². The lowest BCUT2D eigenvalue weighted by Gasteiger charge is -2.06. The highest BCUT2D eigenvalue weighted by Crippen LogP contribution is 2.13. The van der Waals surface area contributed by atoms with Crippen molar-refractivity contribution < 1.29 is 13.6 Å². The van der Waals surface area contributed by atoms with Gasteiger partial charge < -0.3 is 15.5 Å². The van der Waals surface area contributed by atoms with Crippen LogP contribution in [0.25, 0.3) is 0 Å². The predicted octanol–water partition coefficient (Wildman–Crippen LogP) is 1.93. The van der Waals surface area contributed by atoms with Gasteiger partial charge in [0.15, 0.2) is 0 Å². The molecule has 0 aliphatic rings. The first kappa shape index (κ1) is 11.2. The van der Waals surface area contributed by atoms with Gasteiger partial charge in [-0.3, -0.25) is 4.79 Å². The van der Waals surface area contributed by atoms with Crippen LogP contribution in [0.15, 0.2) is 41.2 Å². The zero-order chi connectivity index (χ0) is 12.3. The van der Waals surface area contributed by atoms with Crippen LogP contribution in [0.3, 0.4) is 0 Å². The summed E-state index contributed by atoms with van der Waals surface area (Å²) in [5, 5.41) is 2.62. The first-order valence-corrected chi connectivity index (χ1v) is 5.01. The molecule has 0 atom stereocenters. The van der Waals surface area contributed by atoms with E-state index in [-0.39, 0.29) is 11.3 Å². The largest absolute Gasteiger partial charge is 0.472 e. The number of halogens is 1. The molecule has 2 aromatic rings. The van der Waals surface area contributed by atoms with Gasteiger partial charge in [0.1, 0.15) is 5.82 Å². The summed E-state index contributed by atoms with van der Waals surface area (Å²) < 4.78 is 17.8. The van der Waals surface area contributed by atoms with E-state index in [9.17, 15) is 9.18 Å². The molecule has 1 aromatic heterocycles. The van der Waals surface area contributed by atoms with E-state index in [0.29, 0.717) is 6.54 Å². The highest BCUT2D eigenvalue weighted by molar-refractivity contribution is 5.99. The van der Waals surface area contributed by atoms with E-state index in [1.807, 2.05) is 0 Å². The van der Waals surface area contributed by atoms with Crippen molar-refractivity contribution in [3.63, 3.8) is 0 Å². The number of furan rings is 1. The molecule has 0 fully saturated rings. The van der Waals surface area contributed by atoms with Crippen LogP contribution in [-0.2, 0) is 6.54 Å². The summed E-state index contributed by atoms with van der Waals surface area (Å²) in [6, 6.07) is 5.42. The van der Waals surface area contributed by atoms with Gasteiger partial charge in [0.05, 0.1) is 18.1 Å². The molecule has 0 bridgehead atoms. The number of nitrogens with two attached hydrogens (primary N) is 1. The minimum absolute atomic E-state index is 0.133. The Morgan fingerprint density at radius 3 is 2.94 bits per heavy atom. The molecular weight excluding hydrogens is 223 g/mol. The topological polar surface area (TPSA) is 68.3 Å². The standard InChI is InChI=1S/C12H11FN2O2/c13-9-1-2-11(14)10(5-9)12(16)15-6-8-3-4-17-7-8/h1-5,7H,6,14H2,(H,15,16). The second-order valence-corrected chi connectivity index (χ2v) is 3.55. The Kier molecular flexibility index (Phi) is 3.09. The van der Waals surface area contributed by atoms with Crippen LogP contribution in [0.5, 0.6) is 0 Å². The lowest BCUT2D eigenvalue weighted by Crippen LogP contribution is -2.23. The van der Waals surface area contributed by atoms with E-state index in [0.717, 1.165) is 11.6 Å². The van der Waals surface area contributed by atoms with Gasteiger partial charge in [-0.05, 0) is 24.3 Å². The second-order valence-electron chi connectivity index (χ2n) is 3.55. The summed E-state index contributed by atoms with van der Waals surface area (Å²) in [5.41, 5.74) is 6.80. The van der Waals surface area contributed by atoms with Gasteiger partial charge in [0.25, 0.3) is 5.91 Å². The Bertz CT molecular complexity index is 523. The second kappa shape index (κ2) is 4.69. The smallest absolute Gasteiger partial charge is 0.253 e. The number of hydrogen-bond donors (Lipinski definition) is 2. The van der Waals surface area contributed by atoms with Gasteiger partial charge >= 0.3 is 0 Å². The van der Waals surface area contributed by atoms with E-state index >= 15 is 0 Å². The lowest BCUT2D eigenvalue weighted by molar-refractivity contribution is 0.0951. The molecule has 0 aliphatic carbocycles. The van der Waals surface area contributed by atoms with Crippen LogP contribution < -0.4 is 11.1 Å². The maximum absolute atomic E-state index is 13.0. The van der Waals surface area contributed by atoms with Crippen molar-refractivity contribution in [2.45, 2.75) is 6.54 Å². The van der Waals surface area contributed by atoms with Crippen LogP contribution in [0.2, 0.25) is 0 Å². The lowest BCUT2D eigenvalue weighted by atomic mass is 10.1. The number of carbonyl (C=O) groups is 1. The van der Waals surface area contributed by atoms with Gasteiger partial charge in [-0.2, -0.15) is 0 Å². The number of rotatable bonds is 3. The van der Waals surface area contributed by atoms with Gasteiger partial charge in [0, 0.05) is 17.8 Å². The Hall–Kier alpha value is -2.30. The molecule has 5 heteroatoms. The molecule has 2 rings (SSSR count). The van der Waals surface area contributed by atoms with Gasteiger partial charge in [-0.1, -0.05) is 0 Å². The third kappa shape index (κ3) is 2.63. The fourth-order valence-corrected chi connectivity index (χ4v) is 1.40. The van der Waals surface area contributed by atoms with Crippen LogP contribution in [0.4, 0.5) is 10.1 Å². The molecule has 0 radical (unpaired) electrons. The SMILES string of the molecule is Nc1ccc(F)cc1C(=O)NCc1ccoc1. The molecule has 0 unspecified atom stereocenters. The summed E-state index contributed by atoms with van der Waals surface area (Å²) in [7, 11) is 0. The summed E-state index contributed by atoms with van der Waals surface area (Å²) in [6.45, 7) is 0.311. The van der Waals surface area contributed by atoms with Crippen molar-refractivity contribution >= 4 is 11.6 Å². The molecule has 1 aromatic carbocycles. The molecule has 1 heterocycles. The number of hydrogen-bond acceptors (Lipinski definition) is 3. The highest BCUT2D eigenvalue weighted by atomic mass is 19.1. The number of anilines is 1. The van der Waals surface area contributed by atoms with E-state index in [2.05, 4.69) is 5.32 Å². The van der Waals surface area contributed by atoms with Gasteiger partial charge in [-0.25, -0.2) is 4.39 Å². The van der Waals surface area contributed by atoms with Crippen molar-refractivity contribution in [1.82, 2.24) is 5.32 Å². The van der Waals surface area contributed by atoms with Crippen LogP contribution in [0.1, 0.15) is 15.9 Å². The fraction of sp³-hybridized carbons (Fsp3) is 0.0833. The summed E-state index contributed by atoms with van der Waals surface area (Å²) in [5.74, 6) is -0.907. The zero-order valence-corrected chi connectivity index (χ0v) is 8.94. The summed E-state index contributed by atoms with van der Waals surface area (Å²) in [4.78, 5) is 11.7. The van der Waals surface area contributed by atoms with E-state index in [1.165, 1.54) is 24.7 Å². The maximum atomic E-state index is 13.0. The van der Waals surface area contributed by atoms with Crippen molar-refractivity contribution in [3.8, 4) is 0 Å². The molecular formula is C12H11FN2O2. The number of amides is 1. The van der Waals surface area contributed by atoms with Crippen molar-refractivity contribution in [1.29, 1.82) is 0 Å². The summed E-state index contributed by atoms with van der Waals surface area (Å²) in [6.07, 6.45) is 3.03. The minimum Gasteiger partial charge on any atom is -0.472 e. The van der Waals surface area contributed by atoms with Crippen molar-refractivity contribution in [3.05, 3.63) is 53.7 Å². The average molecular weight is 234 g/mol. The number of benzene rings is 1. The molecule has 1 amide bonds. The fourth-order valence-electron chi connectivity index (χ4n) is 1.40. The Balaban J connectivity index is 2.07. The maximum Gasteiger partial charge on any atom is 0.253 e. The molecule has 0 aliphatic heterocycles. The number of nitrogen functional groups attached to an aromatic ring is 1. The number of nitrogens with one attached hydrogen (secondary N) is 1. The molecule has 0 saturated heterocycles. The Morgan fingerprint density at radius 2 is 2.24 bits per heavy atom. The molecule has 88 valence electrons. The van der Waals surface area contributed by atoms with Crippen molar-refractivity contribution in [2.24, 2.45) is 0 Å². The van der Waals surface area contributed by atoms with Gasteiger partial charge in [0.2, 0.25) is 0 Å². The van der Waals surface area contributed by atoms with Crippen LogP contribution >= 0.6 is 0 Å². The van der Waals surface area contributed by atoms with E-state index < -0.39 is 11.7 Å². The van der Waals surface area contributed by atoms with Crippen LogP contribution in [0, 0.1) is 5.82 Å². The van der Waals surface area contributed by atoms with E-state index in [1.54, 1.807) is 6.07 Å². The third-order valence-electron chi connectivity index (χ3n) is 2.29. The number of carbonyl (C=O) groups excluding carboxylic acids is 1. The van der Waals surface area contributed by atoms with Crippen molar-refractivity contribution in [2.75, 3.05) is 5.73 Å². The first-order chi connectivity index (χ1) is 8.16. The van der Waals surface area contributed by atoms with Gasteiger partial charge in [-0.15, -0.1) is 0 Å². The molecule has 3 N–H and O–H groups in total. The minimum atomic E-state index is -0.493. The first-order valence-electron chi connectivity index (χ1n) is 5.01. The molecule has 4 nitrogen and oxygen atoms in total. The average Bonchev–Trinajstić information content (AvgIpc) is 2.82. The monoisotopic (exact) mass is 234 g/mol. The zero-order valence-electron chi connectivity index (χ0n) is 8.94. The molecule has 0 spiro atoms. The molecule has 0 saturated carbocycles. The quantitative estimate of drug-likeness (QED) is 0.797. The normalized spacial score (nSPS) is 10.2.